The number of hydrogen-bond donors (Lipinski definition) is 0. The predicted octanol–water partition coefficient (Wildman–Crippen LogP) is 7.37. The van der Waals surface area contributed by atoms with Gasteiger partial charge in [0.1, 0.15) is 11.6 Å². The van der Waals surface area contributed by atoms with Crippen LogP contribution < -0.4 is 0 Å². The van der Waals surface area contributed by atoms with Gasteiger partial charge >= 0.3 is 0 Å². The lowest BCUT2D eigenvalue weighted by molar-refractivity contribution is 0.631. The van der Waals surface area contributed by atoms with Gasteiger partial charge in [0.2, 0.25) is 0 Å². The molecule has 1 aliphatic carbocycles. The second-order valence-electron chi connectivity index (χ2n) is 8.18. The molecule has 5 rings (SSSR count). The molecule has 164 valence electrons. The maximum absolute atomic E-state index is 14.7. The summed E-state index contributed by atoms with van der Waals surface area (Å²) in [5.41, 5.74) is 5.60. The fourth-order valence-corrected chi connectivity index (χ4v) is 4.65. The largest absolute Gasteiger partial charge is 0.206 e. The summed E-state index contributed by atoms with van der Waals surface area (Å²) in [7, 11) is 0. The van der Waals surface area contributed by atoms with Crippen molar-refractivity contribution < 1.29 is 8.78 Å². The minimum absolute atomic E-state index is 0.271. The summed E-state index contributed by atoms with van der Waals surface area (Å²) in [5, 5.41) is 29.5. The molecule has 0 saturated carbocycles. The Morgan fingerprint density at radius 2 is 1.00 bits per heavy atom. The first-order valence-corrected chi connectivity index (χ1v) is 10.8. The van der Waals surface area contributed by atoms with E-state index in [2.05, 4.69) is 18.2 Å². The Morgan fingerprint density at radius 1 is 0.571 bits per heavy atom. The molecule has 35 heavy (non-hydrogen) atoms. The first-order valence-electron chi connectivity index (χ1n) is 10.8. The zero-order chi connectivity index (χ0) is 24.7. The van der Waals surface area contributed by atoms with Gasteiger partial charge in [-0.15, -0.1) is 0 Å². The van der Waals surface area contributed by atoms with Gasteiger partial charge in [0.15, 0.2) is 0 Å². The molecule has 4 aromatic carbocycles. The topological polar surface area (TPSA) is 71.4 Å². The van der Waals surface area contributed by atoms with Crippen molar-refractivity contribution in [2.24, 2.45) is 0 Å². The molecule has 0 spiro atoms. The van der Waals surface area contributed by atoms with E-state index >= 15 is 0 Å². The summed E-state index contributed by atoms with van der Waals surface area (Å²) in [6, 6.07) is 25.7. The predicted molar refractivity (Wildman–Crippen MR) is 129 cm³/mol. The highest BCUT2D eigenvalue weighted by Gasteiger charge is 2.29. The lowest BCUT2D eigenvalue weighted by atomic mass is 9.92. The van der Waals surface area contributed by atoms with Crippen molar-refractivity contribution >= 4 is 5.57 Å². The molecular formula is C30H15F2N3. The van der Waals surface area contributed by atoms with Gasteiger partial charge in [0.05, 0.1) is 29.3 Å². The van der Waals surface area contributed by atoms with Crippen LogP contribution in [0.15, 0.2) is 78.4 Å². The zero-order valence-electron chi connectivity index (χ0n) is 18.5. The van der Waals surface area contributed by atoms with E-state index in [4.69, 9.17) is 0 Å². The molecule has 3 nitrogen and oxygen atoms in total. The number of halogens is 2. The maximum atomic E-state index is 14.7. The summed E-state index contributed by atoms with van der Waals surface area (Å²) >= 11 is 0. The number of hydrogen-bond acceptors (Lipinski definition) is 3. The Balaban J connectivity index is 1.86. The molecule has 0 N–H and O–H groups in total. The van der Waals surface area contributed by atoms with Gasteiger partial charge in [-0.2, -0.15) is 15.8 Å². The molecule has 5 heteroatoms. The minimum Gasteiger partial charge on any atom is -0.206 e. The summed E-state index contributed by atoms with van der Waals surface area (Å²) in [4.78, 5) is 0. The fraction of sp³-hybridized carbons (Fsp3) is 0.0333. The van der Waals surface area contributed by atoms with Crippen molar-refractivity contribution in [3.8, 4) is 51.6 Å². The number of allylic oxidation sites excluding steroid dienone is 1. The number of nitriles is 3. The van der Waals surface area contributed by atoms with E-state index < -0.39 is 11.6 Å². The van der Waals surface area contributed by atoms with Crippen LogP contribution in [0.5, 0.6) is 0 Å². The van der Waals surface area contributed by atoms with E-state index in [-0.39, 0.29) is 22.3 Å². The van der Waals surface area contributed by atoms with E-state index in [1.807, 2.05) is 0 Å². The summed E-state index contributed by atoms with van der Waals surface area (Å²) in [6.45, 7) is 1.68. The number of rotatable bonds is 2. The normalized spacial score (nSPS) is 11.1. The Hall–Kier alpha value is -5.05. The highest BCUT2D eigenvalue weighted by atomic mass is 19.1. The molecule has 0 saturated heterocycles. The van der Waals surface area contributed by atoms with Crippen molar-refractivity contribution in [1.29, 1.82) is 15.8 Å². The maximum Gasteiger partial charge on any atom is 0.131 e. The third-order valence-electron chi connectivity index (χ3n) is 6.26. The van der Waals surface area contributed by atoms with Crippen LogP contribution in [-0.2, 0) is 0 Å². The Morgan fingerprint density at radius 3 is 1.37 bits per heavy atom. The molecule has 0 atom stereocenters. The molecule has 0 aromatic heterocycles. The second kappa shape index (κ2) is 8.38. The zero-order valence-corrected chi connectivity index (χ0v) is 18.5. The minimum atomic E-state index is -0.462. The number of fused-ring (bicyclic) bond motifs is 3. The molecule has 0 amide bonds. The van der Waals surface area contributed by atoms with E-state index in [1.165, 1.54) is 12.1 Å². The molecule has 1 aliphatic rings. The molecule has 0 fully saturated rings. The number of benzene rings is 4. The van der Waals surface area contributed by atoms with Crippen molar-refractivity contribution in [3.05, 3.63) is 112 Å². The fourth-order valence-electron chi connectivity index (χ4n) is 4.65. The van der Waals surface area contributed by atoms with Gasteiger partial charge in [-0.3, -0.25) is 0 Å². The van der Waals surface area contributed by atoms with Gasteiger partial charge in [0, 0.05) is 33.4 Å². The average Bonchev–Trinajstić information content (AvgIpc) is 3.19. The summed E-state index contributed by atoms with van der Waals surface area (Å²) < 4.78 is 29.3. The summed E-state index contributed by atoms with van der Waals surface area (Å²) in [6.07, 6.45) is 0. The molecule has 0 unspecified atom stereocenters. The van der Waals surface area contributed by atoms with Crippen LogP contribution in [0.25, 0.3) is 39.0 Å². The Bertz CT molecular complexity index is 1590. The van der Waals surface area contributed by atoms with Crippen LogP contribution in [0.3, 0.4) is 0 Å². The molecule has 0 bridgehead atoms. The van der Waals surface area contributed by atoms with Crippen LogP contribution in [-0.4, -0.2) is 0 Å². The van der Waals surface area contributed by atoms with Crippen molar-refractivity contribution in [2.45, 2.75) is 6.92 Å². The van der Waals surface area contributed by atoms with E-state index in [1.54, 1.807) is 67.6 Å². The van der Waals surface area contributed by atoms with Crippen LogP contribution in [0.1, 0.15) is 29.2 Å². The van der Waals surface area contributed by atoms with Crippen molar-refractivity contribution in [1.82, 2.24) is 0 Å². The highest BCUT2D eigenvalue weighted by Crippen LogP contribution is 2.50. The standard InChI is InChI=1S/C30H15F2N3/c1-17(14-33)30-26-12-22(20-6-2-4-8-28(20)31)18(15-34)10-24(26)25-11-19(16-35)23(13-27(25)30)21-7-3-5-9-29(21)32/h2-13H,1H3. The molecule has 0 heterocycles. The van der Waals surface area contributed by atoms with Gasteiger partial charge < -0.3 is 0 Å². The third kappa shape index (κ3) is 3.37. The SMILES string of the molecule is CC(C#N)=C1c2cc(-c3ccccc3F)c(C#N)cc2-c2cc(C#N)c(-c3ccccc3F)cc21. The summed E-state index contributed by atoms with van der Waals surface area (Å²) in [5.74, 6) is -0.925. The van der Waals surface area contributed by atoms with E-state index in [9.17, 15) is 24.6 Å². The van der Waals surface area contributed by atoms with Crippen LogP contribution in [0.2, 0.25) is 0 Å². The van der Waals surface area contributed by atoms with Crippen LogP contribution >= 0.6 is 0 Å². The van der Waals surface area contributed by atoms with Crippen LogP contribution in [0.4, 0.5) is 8.78 Å². The van der Waals surface area contributed by atoms with E-state index in [0.29, 0.717) is 44.5 Å². The first-order chi connectivity index (χ1) is 17.0. The van der Waals surface area contributed by atoms with Gasteiger partial charge in [-0.25, -0.2) is 8.78 Å². The van der Waals surface area contributed by atoms with Gasteiger partial charge in [0.25, 0.3) is 0 Å². The Labute approximate surface area is 201 Å². The Kier molecular flexibility index (Phi) is 5.21. The lowest BCUT2D eigenvalue weighted by Gasteiger charge is -2.11. The highest BCUT2D eigenvalue weighted by molar-refractivity contribution is 6.06. The third-order valence-corrected chi connectivity index (χ3v) is 6.26. The quantitative estimate of drug-likeness (QED) is 0.261. The molecule has 0 radical (unpaired) electrons. The smallest absolute Gasteiger partial charge is 0.131 e. The van der Waals surface area contributed by atoms with Crippen LogP contribution in [0, 0.1) is 45.6 Å². The number of nitrogens with zero attached hydrogens (tertiary/aromatic N) is 3. The van der Waals surface area contributed by atoms with Crippen molar-refractivity contribution in [3.63, 3.8) is 0 Å². The molecule has 0 aliphatic heterocycles. The van der Waals surface area contributed by atoms with Gasteiger partial charge in [-0.1, -0.05) is 36.4 Å². The average molecular weight is 455 g/mol. The lowest BCUT2D eigenvalue weighted by Crippen LogP contribution is -1.93. The second-order valence-corrected chi connectivity index (χ2v) is 8.18. The van der Waals surface area contributed by atoms with Crippen molar-refractivity contribution in [2.75, 3.05) is 0 Å². The molecular weight excluding hydrogens is 440 g/mol. The molecule has 4 aromatic rings. The monoisotopic (exact) mass is 455 g/mol. The van der Waals surface area contributed by atoms with Gasteiger partial charge in [-0.05, 0) is 65.6 Å². The van der Waals surface area contributed by atoms with E-state index in [0.717, 1.165) is 0 Å². The first kappa shape index (κ1) is 21.8.